The Hall–Kier alpha value is -3.21. The highest BCUT2D eigenvalue weighted by Crippen LogP contribution is 2.43. The molecule has 1 unspecified atom stereocenters. The molecule has 0 aliphatic carbocycles. The molecule has 0 aromatic heterocycles. The molecule has 0 saturated heterocycles. The lowest BCUT2D eigenvalue weighted by Crippen LogP contribution is -2.29. The number of esters is 1. The first-order valence-electron chi connectivity index (χ1n) is 10.2. The number of thioether (sulfide) groups is 1. The van der Waals surface area contributed by atoms with Gasteiger partial charge in [0.25, 0.3) is 0 Å². The van der Waals surface area contributed by atoms with E-state index in [2.05, 4.69) is 16.7 Å². The van der Waals surface area contributed by atoms with Crippen molar-refractivity contribution in [3.63, 3.8) is 0 Å². The first kappa shape index (κ1) is 24.4. The van der Waals surface area contributed by atoms with Gasteiger partial charge in [0.2, 0.25) is 5.91 Å². The van der Waals surface area contributed by atoms with Crippen molar-refractivity contribution >= 4 is 40.9 Å². The SMILES string of the molecule is COC(=O)C1=C(C)NC(SCC(=O)Nc2cccc(C)c2C)=C(C#N)C1c1ccccc1Cl. The van der Waals surface area contributed by atoms with Crippen molar-refractivity contribution < 1.29 is 14.3 Å². The first-order chi connectivity index (χ1) is 15.8. The molecular weight excluding hydrogens is 458 g/mol. The van der Waals surface area contributed by atoms with E-state index in [1.165, 1.54) is 18.9 Å². The molecule has 0 fully saturated rings. The largest absolute Gasteiger partial charge is 0.466 e. The van der Waals surface area contributed by atoms with E-state index in [-0.39, 0.29) is 11.7 Å². The van der Waals surface area contributed by atoms with Crippen LogP contribution in [-0.2, 0) is 14.3 Å². The highest BCUT2D eigenvalue weighted by molar-refractivity contribution is 8.03. The second-order valence-electron chi connectivity index (χ2n) is 7.55. The molecule has 2 N–H and O–H groups in total. The number of nitriles is 1. The summed E-state index contributed by atoms with van der Waals surface area (Å²) >= 11 is 7.64. The van der Waals surface area contributed by atoms with Crippen LogP contribution in [0.1, 0.15) is 29.5 Å². The molecule has 0 bridgehead atoms. The van der Waals surface area contributed by atoms with Gasteiger partial charge < -0.3 is 15.4 Å². The molecular formula is C25H24ClN3O3S. The third-order valence-corrected chi connectivity index (χ3v) is 6.86. The molecule has 0 radical (unpaired) electrons. The van der Waals surface area contributed by atoms with Crippen molar-refractivity contribution in [2.45, 2.75) is 26.7 Å². The highest BCUT2D eigenvalue weighted by Gasteiger charge is 2.36. The number of methoxy groups -OCH3 is 1. The van der Waals surface area contributed by atoms with Crippen LogP contribution in [-0.4, -0.2) is 24.7 Å². The number of carbonyl (C=O) groups is 2. The molecule has 1 heterocycles. The van der Waals surface area contributed by atoms with Crippen LogP contribution in [0.3, 0.4) is 0 Å². The number of rotatable bonds is 6. The van der Waals surface area contributed by atoms with Gasteiger partial charge in [-0.3, -0.25) is 4.79 Å². The van der Waals surface area contributed by atoms with E-state index < -0.39 is 11.9 Å². The van der Waals surface area contributed by atoms with Gasteiger partial charge in [-0.1, -0.05) is 53.7 Å². The Morgan fingerprint density at radius 1 is 1.18 bits per heavy atom. The monoisotopic (exact) mass is 481 g/mol. The Balaban J connectivity index is 1.91. The normalized spacial score (nSPS) is 15.6. The fraction of sp³-hybridized carbons (Fsp3) is 0.240. The number of carbonyl (C=O) groups excluding carboxylic acids is 2. The molecule has 1 aliphatic rings. The second-order valence-corrected chi connectivity index (χ2v) is 8.94. The van der Waals surface area contributed by atoms with Crippen LogP contribution in [0.2, 0.25) is 5.02 Å². The minimum absolute atomic E-state index is 0.0803. The second kappa shape index (κ2) is 10.6. The van der Waals surface area contributed by atoms with Gasteiger partial charge in [0, 0.05) is 16.4 Å². The fourth-order valence-corrected chi connectivity index (χ4v) is 4.77. The highest BCUT2D eigenvalue weighted by atomic mass is 35.5. The van der Waals surface area contributed by atoms with E-state index in [0.717, 1.165) is 16.8 Å². The maximum Gasteiger partial charge on any atom is 0.336 e. The number of amides is 1. The number of aryl methyl sites for hydroxylation is 1. The van der Waals surface area contributed by atoms with E-state index in [1.54, 1.807) is 31.2 Å². The maximum absolute atomic E-state index is 12.6. The van der Waals surface area contributed by atoms with Crippen molar-refractivity contribution in [3.05, 3.63) is 86.0 Å². The molecule has 1 atom stereocenters. The van der Waals surface area contributed by atoms with Gasteiger partial charge >= 0.3 is 5.97 Å². The third kappa shape index (κ3) is 5.24. The predicted molar refractivity (Wildman–Crippen MR) is 132 cm³/mol. The average Bonchev–Trinajstić information content (AvgIpc) is 2.80. The minimum Gasteiger partial charge on any atom is -0.466 e. The van der Waals surface area contributed by atoms with Crippen LogP contribution < -0.4 is 10.6 Å². The molecule has 0 spiro atoms. The number of hydrogen-bond donors (Lipinski definition) is 2. The summed E-state index contributed by atoms with van der Waals surface area (Å²) in [4.78, 5) is 25.3. The summed E-state index contributed by atoms with van der Waals surface area (Å²) in [6.07, 6.45) is 0. The molecule has 6 nitrogen and oxygen atoms in total. The zero-order valence-electron chi connectivity index (χ0n) is 18.8. The number of hydrogen-bond acceptors (Lipinski definition) is 6. The summed E-state index contributed by atoms with van der Waals surface area (Å²) in [5.74, 6) is -1.37. The smallest absolute Gasteiger partial charge is 0.336 e. The van der Waals surface area contributed by atoms with Gasteiger partial charge in [-0.15, -0.1) is 0 Å². The zero-order valence-corrected chi connectivity index (χ0v) is 20.4. The molecule has 170 valence electrons. The summed E-state index contributed by atoms with van der Waals surface area (Å²) < 4.78 is 4.98. The van der Waals surface area contributed by atoms with Crippen LogP contribution in [0.25, 0.3) is 0 Å². The molecule has 8 heteroatoms. The van der Waals surface area contributed by atoms with Crippen molar-refractivity contribution in [1.82, 2.24) is 5.32 Å². The zero-order chi connectivity index (χ0) is 24.1. The van der Waals surface area contributed by atoms with Crippen LogP contribution in [0.5, 0.6) is 0 Å². The lowest BCUT2D eigenvalue weighted by Gasteiger charge is -2.29. The van der Waals surface area contributed by atoms with Crippen molar-refractivity contribution in [2.24, 2.45) is 0 Å². The average molecular weight is 482 g/mol. The van der Waals surface area contributed by atoms with E-state index in [1.807, 2.05) is 32.0 Å². The van der Waals surface area contributed by atoms with E-state index in [9.17, 15) is 14.9 Å². The number of halogens is 1. The summed E-state index contributed by atoms with van der Waals surface area (Å²) in [6.45, 7) is 5.67. The number of allylic oxidation sites excluding steroid dienone is 2. The van der Waals surface area contributed by atoms with Crippen LogP contribution in [0.15, 0.2) is 64.3 Å². The maximum atomic E-state index is 12.6. The summed E-state index contributed by atoms with van der Waals surface area (Å²) in [5.41, 5.74) is 4.62. The van der Waals surface area contributed by atoms with Crippen LogP contribution >= 0.6 is 23.4 Å². The number of ether oxygens (including phenoxy) is 1. The van der Waals surface area contributed by atoms with Crippen molar-refractivity contribution in [2.75, 3.05) is 18.2 Å². The van der Waals surface area contributed by atoms with Gasteiger partial charge in [-0.25, -0.2) is 4.79 Å². The summed E-state index contributed by atoms with van der Waals surface area (Å²) in [6, 6.07) is 15.0. The Morgan fingerprint density at radius 3 is 2.58 bits per heavy atom. The molecule has 0 saturated carbocycles. The number of dihydropyridines is 1. The lowest BCUT2D eigenvalue weighted by atomic mass is 9.82. The Morgan fingerprint density at radius 2 is 1.91 bits per heavy atom. The third-order valence-electron chi connectivity index (χ3n) is 5.50. The van der Waals surface area contributed by atoms with E-state index >= 15 is 0 Å². The van der Waals surface area contributed by atoms with Crippen molar-refractivity contribution in [1.29, 1.82) is 5.26 Å². The number of benzene rings is 2. The molecule has 2 aromatic carbocycles. The standard InChI is InChI=1S/C25H24ClN3O3S/c1-14-8-7-11-20(15(14)2)29-21(30)13-33-24-18(12-27)23(17-9-5-6-10-19(17)26)22(16(3)28-24)25(31)32-4/h5-11,23,28H,13H2,1-4H3,(H,29,30). The minimum atomic E-state index is -0.707. The molecule has 2 aromatic rings. The van der Waals surface area contributed by atoms with Gasteiger partial charge in [-0.2, -0.15) is 5.26 Å². The van der Waals surface area contributed by atoms with E-state index in [4.69, 9.17) is 16.3 Å². The molecule has 3 rings (SSSR count). The topological polar surface area (TPSA) is 91.2 Å². The predicted octanol–water partition coefficient (Wildman–Crippen LogP) is 5.20. The van der Waals surface area contributed by atoms with Crippen molar-refractivity contribution in [3.8, 4) is 6.07 Å². The fourth-order valence-electron chi connectivity index (χ4n) is 3.64. The lowest BCUT2D eigenvalue weighted by molar-refractivity contribution is -0.136. The Labute approximate surface area is 202 Å². The van der Waals surface area contributed by atoms with Crippen LogP contribution in [0.4, 0.5) is 5.69 Å². The number of nitrogens with zero attached hydrogens (tertiary/aromatic N) is 1. The van der Waals surface area contributed by atoms with Gasteiger partial charge in [0.05, 0.1) is 41.0 Å². The number of anilines is 1. The summed E-state index contributed by atoms with van der Waals surface area (Å²) in [7, 11) is 1.30. The number of nitrogens with one attached hydrogen (secondary N) is 2. The summed E-state index contributed by atoms with van der Waals surface area (Å²) in [5, 5.41) is 17.0. The van der Waals surface area contributed by atoms with Crippen LogP contribution in [0, 0.1) is 25.2 Å². The molecule has 1 aliphatic heterocycles. The molecule has 33 heavy (non-hydrogen) atoms. The van der Waals surface area contributed by atoms with Gasteiger partial charge in [-0.05, 0) is 49.6 Å². The van der Waals surface area contributed by atoms with E-state index in [0.29, 0.717) is 32.5 Å². The Kier molecular flexibility index (Phi) is 7.85. The first-order valence-corrected chi connectivity index (χ1v) is 11.6. The van der Waals surface area contributed by atoms with Gasteiger partial charge in [0.15, 0.2) is 0 Å². The quantitative estimate of drug-likeness (QED) is 0.551. The Bertz CT molecular complexity index is 1210. The molecule has 1 amide bonds. The van der Waals surface area contributed by atoms with Gasteiger partial charge in [0.1, 0.15) is 0 Å².